The maximum atomic E-state index is 6.10. The Morgan fingerprint density at radius 3 is 2.70 bits per heavy atom. The van der Waals surface area contributed by atoms with Gasteiger partial charge in [0.2, 0.25) is 0 Å². The average Bonchev–Trinajstić information content (AvgIpc) is 2.54. The van der Waals surface area contributed by atoms with E-state index in [1.54, 1.807) is 7.11 Å². The summed E-state index contributed by atoms with van der Waals surface area (Å²) in [5, 5.41) is 4.81. The van der Waals surface area contributed by atoms with Crippen LogP contribution < -0.4 is 4.74 Å². The lowest BCUT2D eigenvalue weighted by molar-refractivity contribution is 0.128. The molecule has 0 fully saturated rings. The smallest absolute Gasteiger partial charge is 0.145 e. The average molecular weight is 330 g/mol. The van der Waals surface area contributed by atoms with E-state index in [0.717, 1.165) is 28.2 Å². The molecule has 0 aliphatic carbocycles. The molecule has 0 aliphatic rings. The zero-order chi connectivity index (χ0) is 16.7. The van der Waals surface area contributed by atoms with E-state index in [1.165, 1.54) is 0 Å². The predicted octanol–water partition coefficient (Wildman–Crippen LogP) is 5.26. The van der Waals surface area contributed by atoms with E-state index in [0.29, 0.717) is 11.6 Å². The second kappa shape index (κ2) is 8.39. The van der Waals surface area contributed by atoms with Gasteiger partial charge < -0.3 is 9.57 Å². The second-order valence-corrected chi connectivity index (χ2v) is 5.54. The molecule has 3 nitrogen and oxygen atoms in total. The number of benzene rings is 2. The molecular formula is C19H20ClNO2. The molecular weight excluding hydrogens is 310 g/mol. The van der Waals surface area contributed by atoms with Crippen molar-refractivity contribution in [2.24, 2.45) is 5.16 Å². The predicted molar refractivity (Wildman–Crippen MR) is 96.1 cm³/mol. The van der Waals surface area contributed by atoms with Crippen molar-refractivity contribution in [2.75, 3.05) is 7.11 Å². The third-order valence-corrected chi connectivity index (χ3v) is 3.68. The highest BCUT2D eigenvalue weighted by Crippen LogP contribution is 2.23. The van der Waals surface area contributed by atoms with Crippen LogP contribution in [0.3, 0.4) is 0 Å². The van der Waals surface area contributed by atoms with Gasteiger partial charge in [0.1, 0.15) is 12.4 Å². The first-order valence-corrected chi connectivity index (χ1v) is 7.71. The molecule has 120 valence electrons. The van der Waals surface area contributed by atoms with E-state index in [4.69, 9.17) is 21.2 Å². The lowest BCUT2D eigenvalue weighted by atomic mass is 10.1. The third-order valence-electron chi connectivity index (χ3n) is 3.34. The highest BCUT2D eigenvalue weighted by Gasteiger charge is 2.05. The highest BCUT2D eigenvalue weighted by molar-refractivity contribution is 6.32. The fourth-order valence-electron chi connectivity index (χ4n) is 2.17. The van der Waals surface area contributed by atoms with Crippen molar-refractivity contribution in [3.63, 3.8) is 0 Å². The van der Waals surface area contributed by atoms with Gasteiger partial charge in [-0.2, -0.15) is 0 Å². The van der Waals surface area contributed by atoms with Gasteiger partial charge >= 0.3 is 0 Å². The Labute approximate surface area is 142 Å². The molecule has 0 spiro atoms. The van der Waals surface area contributed by atoms with Crippen molar-refractivity contribution >= 4 is 23.4 Å². The van der Waals surface area contributed by atoms with E-state index in [9.17, 15) is 0 Å². The van der Waals surface area contributed by atoms with Crippen LogP contribution in [-0.4, -0.2) is 12.8 Å². The van der Waals surface area contributed by atoms with E-state index in [-0.39, 0.29) is 0 Å². The normalized spacial score (nSPS) is 11.7. The van der Waals surface area contributed by atoms with Crippen LogP contribution >= 0.6 is 11.6 Å². The van der Waals surface area contributed by atoms with Crippen molar-refractivity contribution in [1.29, 1.82) is 0 Å². The minimum atomic E-state index is 0.363. The topological polar surface area (TPSA) is 30.8 Å². The lowest BCUT2D eigenvalue weighted by Crippen LogP contribution is -1.97. The fourth-order valence-corrected chi connectivity index (χ4v) is 2.37. The number of para-hydroxylation sites is 1. The van der Waals surface area contributed by atoms with Gasteiger partial charge in [0.05, 0.1) is 12.8 Å². The van der Waals surface area contributed by atoms with Crippen LogP contribution in [0.4, 0.5) is 0 Å². The zero-order valence-electron chi connectivity index (χ0n) is 13.5. The van der Waals surface area contributed by atoms with E-state index < -0.39 is 0 Å². The summed E-state index contributed by atoms with van der Waals surface area (Å²) in [6.07, 6.45) is 3.78. The second-order valence-electron chi connectivity index (χ2n) is 5.13. The molecule has 0 aromatic heterocycles. The van der Waals surface area contributed by atoms with Crippen LogP contribution in [0, 0.1) is 6.92 Å². The molecule has 2 aromatic rings. The molecule has 0 amide bonds. The lowest BCUT2D eigenvalue weighted by Gasteiger charge is -2.10. The van der Waals surface area contributed by atoms with Crippen LogP contribution in [0.5, 0.6) is 5.75 Å². The number of methoxy groups -OCH3 is 1. The first-order valence-electron chi connectivity index (χ1n) is 7.33. The van der Waals surface area contributed by atoms with E-state index in [1.807, 2.05) is 68.5 Å². The maximum Gasteiger partial charge on any atom is 0.145 e. The zero-order valence-corrected chi connectivity index (χ0v) is 14.3. The number of rotatable bonds is 6. The van der Waals surface area contributed by atoms with Crippen molar-refractivity contribution in [3.05, 3.63) is 70.3 Å². The van der Waals surface area contributed by atoms with Gasteiger partial charge in [-0.25, -0.2) is 0 Å². The summed E-state index contributed by atoms with van der Waals surface area (Å²) >= 11 is 6.10. The van der Waals surface area contributed by atoms with Gasteiger partial charge in [-0.15, -0.1) is 0 Å². The molecule has 0 saturated heterocycles. The molecule has 4 heteroatoms. The van der Waals surface area contributed by atoms with Crippen LogP contribution in [0.1, 0.15) is 23.6 Å². The molecule has 0 N–H and O–H groups in total. The van der Waals surface area contributed by atoms with E-state index >= 15 is 0 Å². The highest BCUT2D eigenvalue weighted by atomic mass is 35.5. The van der Waals surface area contributed by atoms with Crippen molar-refractivity contribution in [3.8, 4) is 5.75 Å². The maximum absolute atomic E-state index is 6.10. The Morgan fingerprint density at radius 1 is 1.17 bits per heavy atom. The fraction of sp³-hybridized carbons (Fsp3) is 0.211. The van der Waals surface area contributed by atoms with Gasteiger partial charge in [-0.05, 0) is 37.1 Å². The minimum absolute atomic E-state index is 0.363. The molecule has 0 unspecified atom stereocenters. The summed E-state index contributed by atoms with van der Waals surface area (Å²) in [5.41, 5.74) is 3.76. The number of oxime groups is 1. The molecule has 0 saturated carbocycles. The Morgan fingerprint density at radius 2 is 1.96 bits per heavy atom. The molecule has 0 aliphatic heterocycles. The number of ether oxygens (including phenoxy) is 1. The Balaban J connectivity index is 1.98. The summed E-state index contributed by atoms with van der Waals surface area (Å²) in [6, 6.07) is 13.6. The Kier molecular flexibility index (Phi) is 6.24. The SMILES string of the molecule is COc1c(C)cccc1CON=C(C)C=Cc1ccccc1Cl. The standard InChI is InChI=1S/C19H20ClNO2/c1-14-7-6-9-17(19(14)22-3)13-23-21-15(2)11-12-16-8-4-5-10-18(16)20/h4-12H,13H2,1-3H3. The minimum Gasteiger partial charge on any atom is -0.496 e. The summed E-state index contributed by atoms with van der Waals surface area (Å²) in [4.78, 5) is 5.42. The molecule has 0 heterocycles. The number of hydrogen-bond donors (Lipinski definition) is 0. The van der Waals surface area contributed by atoms with Crippen LogP contribution in [0.2, 0.25) is 5.02 Å². The van der Waals surface area contributed by atoms with E-state index in [2.05, 4.69) is 5.16 Å². The van der Waals surface area contributed by atoms with Crippen LogP contribution in [-0.2, 0) is 11.4 Å². The molecule has 0 radical (unpaired) electrons. The van der Waals surface area contributed by atoms with Gasteiger partial charge in [0.25, 0.3) is 0 Å². The molecule has 0 atom stereocenters. The largest absolute Gasteiger partial charge is 0.496 e. The van der Waals surface area contributed by atoms with Gasteiger partial charge in [0, 0.05) is 10.6 Å². The summed E-state index contributed by atoms with van der Waals surface area (Å²) in [7, 11) is 1.66. The first-order chi connectivity index (χ1) is 11.1. The molecule has 23 heavy (non-hydrogen) atoms. The van der Waals surface area contributed by atoms with Crippen LogP contribution in [0.15, 0.2) is 53.7 Å². The van der Waals surface area contributed by atoms with Crippen molar-refractivity contribution in [2.45, 2.75) is 20.5 Å². The monoisotopic (exact) mass is 329 g/mol. The number of allylic oxidation sites excluding steroid dienone is 1. The molecule has 2 aromatic carbocycles. The molecule has 0 bridgehead atoms. The summed E-state index contributed by atoms with van der Waals surface area (Å²) < 4.78 is 5.40. The van der Waals surface area contributed by atoms with Crippen LogP contribution in [0.25, 0.3) is 6.08 Å². The Bertz CT molecular complexity index is 723. The number of aryl methyl sites for hydroxylation is 1. The number of halogens is 1. The number of hydrogen-bond acceptors (Lipinski definition) is 3. The summed E-state index contributed by atoms with van der Waals surface area (Å²) in [5.74, 6) is 0.840. The van der Waals surface area contributed by atoms with Crippen molar-refractivity contribution in [1.82, 2.24) is 0 Å². The first kappa shape index (κ1) is 17.1. The third kappa shape index (κ3) is 4.86. The quantitative estimate of drug-likeness (QED) is 0.534. The van der Waals surface area contributed by atoms with Gasteiger partial charge in [-0.1, -0.05) is 59.2 Å². The Hall–Kier alpha value is -2.26. The number of nitrogens with zero attached hydrogens (tertiary/aromatic N) is 1. The van der Waals surface area contributed by atoms with Gasteiger partial charge in [-0.3, -0.25) is 0 Å². The summed E-state index contributed by atoms with van der Waals surface area (Å²) in [6.45, 7) is 4.24. The van der Waals surface area contributed by atoms with Crippen molar-refractivity contribution < 1.29 is 9.57 Å². The van der Waals surface area contributed by atoms with Gasteiger partial charge in [0.15, 0.2) is 0 Å². The molecule has 2 rings (SSSR count).